The van der Waals surface area contributed by atoms with Crippen LogP contribution in [-0.2, 0) is 14.3 Å². The third-order valence-corrected chi connectivity index (χ3v) is 4.23. The summed E-state index contributed by atoms with van der Waals surface area (Å²) >= 11 is 0. The first-order valence-corrected chi connectivity index (χ1v) is 8.53. The van der Waals surface area contributed by atoms with E-state index in [4.69, 9.17) is 9.47 Å². The molecule has 1 aliphatic rings. The van der Waals surface area contributed by atoms with Crippen LogP contribution in [0.25, 0.3) is 10.9 Å². The number of carbonyl (C=O) groups is 2. The summed E-state index contributed by atoms with van der Waals surface area (Å²) in [5, 5.41) is 0.934. The SMILES string of the molecule is CCN1CC(c2cccc3c2ccn3C(=O)OC(C)(C)C)OCC1=O. The van der Waals surface area contributed by atoms with Crippen LogP contribution in [-0.4, -0.2) is 46.8 Å². The Morgan fingerprint density at radius 3 is 2.76 bits per heavy atom. The Labute approximate surface area is 147 Å². The Hall–Kier alpha value is -2.34. The zero-order valence-corrected chi connectivity index (χ0v) is 15.1. The zero-order valence-electron chi connectivity index (χ0n) is 15.1. The molecule has 1 aromatic heterocycles. The molecule has 0 N–H and O–H groups in total. The van der Waals surface area contributed by atoms with Crippen molar-refractivity contribution in [3.05, 3.63) is 36.0 Å². The summed E-state index contributed by atoms with van der Waals surface area (Å²) in [5.41, 5.74) is 1.20. The fourth-order valence-corrected chi connectivity index (χ4v) is 3.05. The number of ether oxygens (including phenoxy) is 2. The van der Waals surface area contributed by atoms with Crippen LogP contribution >= 0.6 is 0 Å². The van der Waals surface area contributed by atoms with Gasteiger partial charge in [0.05, 0.1) is 12.1 Å². The molecule has 6 nitrogen and oxygen atoms in total. The van der Waals surface area contributed by atoms with Gasteiger partial charge in [-0.05, 0) is 45.4 Å². The minimum absolute atomic E-state index is 0.0113. The highest BCUT2D eigenvalue weighted by atomic mass is 16.6. The molecule has 3 rings (SSSR count). The molecule has 2 aromatic rings. The van der Waals surface area contributed by atoms with E-state index in [2.05, 4.69) is 0 Å². The van der Waals surface area contributed by atoms with E-state index >= 15 is 0 Å². The summed E-state index contributed by atoms with van der Waals surface area (Å²) in [6.45, 7) is 8.75. The lowest BCUT2D eigenvalue weighted by molar-refractivity contribution is -0.148. The number of hydrogen-bond acceptors (Lipinski definition) is 4. The maximum absolute atomic E-state index is 12.4. The number of hydrogen-bond donors (Lipinski definition) is 0. The van der Waals surface area contributed by atoms with Gasteiger partial charge in [0.25, 0.3) is 0 Å². The minimum atomic E-state index is -0.556. The smallest absolute Gasteiger partial charge is 0.418 e. The van der Waals surface area contributed by atoms with E-state index < -0.39 is 11.7 Å². The van der Waals surface area contributed by atoms with Gasteiger partial charge in [-0.15, -0.1) is 0 Å². The monoisotopic (exact) mass is 344 g/mol. The van der Waals surface area contributed by atoms with Gasteiger partial charge in [0, 0.05) is 18.1 Å². The van der Waals surface area contributed by atoms with E-state index in [1.165, 1.54) is 4.57 Å². The molecule has 1 aliphatic heterocycles. The fraction of sp³-hybridized carbons (Fsp3) is 0.474. The highest BCUT2D eigenvalue weighted by Crippen LogP contribution is 2.30. The molecule has 1 unspecified atom stereocenters. The Kier molecular flexibility index (Phi) is 4.56. The highest BCUT2D eigenvalue weighted by Gasteiger charge is 2.28. The van der Waals surface area contributed by atoms with Crippen LogP contribution in [0.3, 0.4) is 0 Å². The molecule has 0 radical (unpaired) electrons. The summed E-state index contributed by atoms with van der Waals surface area (Å²) in [6, 6.07) is 7.66. The van der Waals surface area contributed by atoms with Crippen LogP contribution in [0, 0.1) is 0 Å². The maximum Gasteiger partial charge on any atom is 0.418 e. The standard InChI is InChI=1S/C19H24N2O4/c1-5-20-11-16(24-12-17(20)22)14-7-6-8-15-13(14)9-10-21(15)18(23)25-19(2,3)4/h6-10,16H,5,11-12H2,1-4H3. The van der Waals surface area contributed by atoms with Crippen LogP contribution < -0.4 is 0 Å². The van der Waals surface area contributed by atoms with Gasteiger partial charge in [-0.3, -0.25) is 9.36 Å². The molecular formula is C19H24N2O4. The number of nitrogens with zero attached hydrogens (tertiary/aromatic N) is 2. The van der Waals surface area contributed by atoms with E-state index in [1.54, 1.807) is 11.1 Å². The molecular weight excluding hydrogens is 320 g/mol. The van der Waals surface area contributed by atoms with Gasteiger partial charge < -0.3 is 14.4 Å². The Morgan fingerprint density at radius 1 is 1.32 bits per heavy atom. The molecule has 6 heteroatoms. The number of aromatic nitrogens is 1. The molecule has 25 heavy (non-hydrogen) atoms. The maximum atomic E-state index is 12.4. The average Bonchev–Trinajstić information content (AvgIpc) is 2.98. The summed E-state index contributed by atoms with van der Waals surface area (Å²) < 4.78 is 12.7. The lowest BCUT2D eigenvalue weighted by atomic mass is 10.0. The molecule has 1 amide bonds. The summed E-state index contributed by atoms with van der Waals surface area (Å²) in [6.07, 6.45) is 1.11. The van der Waals surface area contributed by atoms with Crippen molar-refractivity contribution in [3.63, 3.8) is 0 Å². The first-order chi connectivity index (χ1) is 11.8. The van der Waals surface area contributed by atoms with Gasteiger partial charge in [-0.2, -0.15) is 0 Å². The average molecular weight is 344 g/mol. The number of benzene rings is 1. The summed E-state index contributed by atoms with van der Waals surface area (Å²) in [4.78, 5) is 26.0. The van der Waals surface area contributed by atoms with Crippen molar-refractivity contribution >= 4 is 22.9 Å². The van der Waals surface area contributed by atoms with Crippen LogP contribution in [0.4, 0.5) is 4.79 Å². The molecule has 0 aliphatic carbocycles. The van der Waals surface area contributed by atoms with E-state index in [-0.39, 0.29) is 18.6 Å². The molecule has 1 atom stereocenters. The Balaban J connectivity index is 1.94. The number of likely N-dealkylation sites (N-methyl/N-ethyl adjacent to an activating group) is 1. The summed E-state index contributed by atoms with van der Waals surface area (Å²) in [5.74, 6) is 0.0113. The van der Waals surface area contributed by atoms with Gasteiger partial charge in [-0.25, -0.2) is 4.79 Å². The van der Waals surface area contributed by atoms with Gasteiger partial charge in [0.15, 0.2) is 0 Å². The third kappa shape index (κ3) is 3.54. The largest absolute Gasteiger partial charge is 0.443 e. The zero-order chi connectivity index (χ0) is 18.2. The molecule has 1 aromatic carbocycles. The number of fused-ring (bicyclic) bond motifs is 1. The van der Waals surface area contributed by atoms with Crippen molar-refractivity contribution in [1.29, 1.82) is 0 Å². The van der Waals surface area contributed by atoms with Gasteiger partial charge in [-0.1, -0.05) is 12.1 Å². The van der Waals surface area contributed by atoms with Gasteiger partial charge >= 0.3 is 6.09 Å². The van der Waals surface area contributed by atoms with Crippen LogP contribution in [0.5, 0.6) is 0 Å². The Morgan fingerprint density at radius 2 is 2.08 bits per heavy atom. The van der Waals surface area contributed by atoms with Crippen molar-refractivity contribution in [2.24, 2.45) is 0 Å². The van der Waals surface area contributed by atoms with Crippen LogP contribution in [0.2, 0.25) is 0 Å². The molecule has 134 valence electrons. The second kappa shape index (κ2) is 6.52. The number of carbonyl (C=O) groups excluding carboxylic acids is 2. The first kappa shape index (κ1) is 17.5. The molecule has 2 heterocycles. The van der Waals surface area contributed by atoms with Gasteiger partial charge in [0.1, 0.15) is 18.3 Å². The predicted octanol–water partition coefficient (Wildman–Crippen LogP) is 3.34. The minimum Gasteiger partial charge on any atom is -0.443 e. The molecule has 0 spiro atoms. The lowest BCUT2D eigenvalue weighted by Crippen LogP contribution is -2.42. The van der Waals surface area contributed by atoms with Crippen molar-refractivity contribution < 1.29 is 19.1 Å². The van der Waals surface area contributed by atoms with Gasteiger partial charge in [0.2, 0.25) is 5.91 Å². The number of amides is 1. The second-order valence-electron chi connectivity index (χ2n) is 7.18. The van der Waals surface area contributed by atoms with E-state index in [1.807, 2.05) is 52.0 Å². The third-order valence-electron chi connectivity index (χ3n) is 4.23. The van der Waals surface area contributed by atoms with Crippen LogP contribution in [0.15, 0.2) is 30.5 Å². The number of morpholine rings is 1. The van der Waals surface area contributed by atoms with Crippen molar-refractivity contribution in [2.75, 3.05) is 19.7 Å². The topological polar surface area (TPSA) is 60.8 Å². The first-order valence-electron chi connectivity index (χ1n) is 8.53. The Bertz CT molecular complexity index is 803. The highest BCUT2D eigenvalue weighted by molar-refractivity contribution is 5.92. The normalized spacial score (nSPS) is 18.6. The molecule has 0 bridgehead atoms. The van der Waals surface area contributed by atoms with Crippen molar-refractivity contribution in [2.45, 2.75) is 39.4 Å². The lowest BCUT2D eigenvalue weighted by Gasteiger charge is -2.32. The predicted molar refractivity (Wildman–Crippen MR) is 94.5 cm³/mol. The molecule has 0 saturated carbocycles. The quantitative estimate of drug-likeness (QED) is 0.838. The van der Waals surface area contributed by atoms with E-state index in [9.17, 15) is 9.59 Å². The summed E-state index contributed by atoms with van der Waals surface area (Å²) in [7, 11) is 0. The fourth-order valence-electron chi connectivity index (χ4n) is 3.05. The second-order valence-corrected chi connectivity index (χ2v) is 7.18. The van der Waals surface area contributed by atoms with Crippen LogP contribution in [0.1, 0.15) is 39.4 Å². The van der Waals surface area contributed by atoms with Crippen molar-refractivity contribution in [1.82, 2.24) is 9.47 Å². The number of rotatable bonds is 2. The van der Waals surface area contributed by atoms with Crippen molar-refractivity contribution in [3.8, 4) is 0 Å². The van der Waals surface area contributed by atoms with E-state index in [0.29, 0.717) is 13.1 Å². The molecule has 1 fully saturated rings. The van der Waals surface area contributed by atoms with E-state index in [0.717, 1.165) is 16.5 Å². The molecule has 1 saturated heterocycles.